The summed E-state index contributed by atoms with van der Waals surface area (Å²) in [5.74, 6) is 1.98. The molecule has 5 heteroatoms. The number of para-hydroxylation sites is 1. The van der Waals surface area contributed by atoms with Crippen LogP contribution in [0.1, 0.15) is 26.3 Å². The summed E-state index contributed by atoms with van der Waals surface area (Å²) < 4.78 is 16.3. The molecule has 0 saturated carbocycles. The third kappa shape index (κ3) is 2.62. The summed E-state index contributed by atoms with van der Waals surface area (Å²) >= 11 is 7.22. The highest BCUT2D eigenvalue weighted by Gasteiger charge is 2.12. The number of nitrogens with one attached hydrogen (secondary N) is 1. The van der Waals surface area contributed by atoms with Crippen LogP contribution in [-0.4, -0.2) is 21.1 Å². The summed E-state index contributed by atoms with van der Waals surface area (Å²) in [6.07, 6.45) is 1.04. The fourth-order valence-corrected chi connectivity index (χ4v) is 3.26. The third-order valence-corrected chi connectivity index (χ3v) is 4.26. The molecule has 2 rings (SSSR count). The Morgan fingerprint density at radius 1 is 1.50 bits per heavy atom. The van der Waals surface area contributed by atoms with E-state index in [2.05, 4.69) is 18.8 Å². The maximum atomic E-state index is 13.7. The van der Waals surface area contributed by atoms with Crippen molar-refractivity contribution in [2.24, 2.45) is 0 Å². The summed E-state index contributed by atoms with van der Waals surface area (Å²) in [4.78, 5) is 2.96. The van der Waals surface area contributed by atoms with Gasteiger partial charge < -0.3 is 9.55 Å². The Bertz CT molecular complexity index is 588. The first kappa shape index (κ1) is 13.6. The minimum absolute atomic E-state index is 0.243. The van der Waals surface area contributed by atoms with Crippen molar-refractivity contribution in [2.75, 3.05) is 11.5 Å². The molecule has 0 aliphatic rings. The number of nitrogens with zero attached hydrogens (tertiary/aromatic N) is 1. The van der Waals surface area contributed by atoms with Gasteiger partial charge in [0.05, 0.1) is 5.52 Å². The topological polar surface area (TPSA) is 20.7 Å². The van der Waals surface area contributed by atoms with Gasteiger partial charge in [-0.25, -0.2) is 4.39 Å². The maximum absolute atomic E-state index is 13.7. The number of aromatic nitrogens is 2. The highest BCUT2D eigenvalue weighted by Crippen LogP contribution is 2.23. The molecule has 0 spiro atoms. The van der Waals surface area contributed by atoms with Crippen LogP contribution in [0, 0.1) is 10.6 Å². The van der Waals surface area contributed by atoms with Gasteiger partial charge in [-0.3, -0.25) is 0 Å². The van der Waals surface area contributed by atoms with Crippen LogP contribution in [0.15, 0.2) is 18.2 Å². The summed E-state index contributed by atoms with van der Waals surface area (Å²) in [5.41, 5.74) is 1.37. The number of halogens is 1. The first-order chi connectivity index (χ1) is 8.65. The summed E-state index contributed by atoms with van der Waals surface area (Å²) in [6.45, 7) is 4.28. The molecule has 0 amide bonds. The van der Waals surface area contributed by atoms with Crippen molar-refractivity contribution in [1.29, 1.82) is 0 Å². The molecular weight excluding hydrogens is 267 g/mol. The molecule has 0 saturated heterocycles. The summed E-state index contributed by atoms with van der Waals surface area (Å²) in [7, 11) is 0. The number of benzene rings is 1. The lowest BCUT2D eigenvalue weighted by Crippen LogP contribution is -2.06. The van der Waals surface area contributed by atoms with E-state index in [1.807, 2.05) is 22.4 Å². The zero-order valence-corrected chi connectivity index (χ0v) is 12.2. The number of imidazole rings is 1. The Balaban J connectivity index is 2.35. The zero-order chi connectivity index (χ0) is 13.1. The van der Waals surface area contributed by atoms with Crippen molar-refractivity contribution in [3.63, 3.8) is 0 Å². The molecule has 1 aromatic heterocycles. The molecule has 0 radical (unpaired) electrons. The van der Waals surface area contributed by atoms with Gasteiger partial charge in [-0.15, -0.1) is 0 Å². The average Bonchev–Trinajstić information content (AvgIpc) is 2.67. The van der Waals surface area contributed by atoms with E-state index in [0.717, 1.165) is 23.4 Å². The van der Waals surface area contributed by atoms with E-state index in [1.54, 1.807) is 6.07 Å². The highest BCUT2D eigenvalue weighted by molar-refractivity contribution is 7.99. The number of aromatic amines is 1. The van der Waals surface area contributed by atoms with Crippen LogP contribution in [0.2, 0.25) is 0 Å². The second-order valence-corrected chi connectivity index (χ2v) is 6.05. The van der Waals surface area contributed by atoms with E-state index in [4.69, 9.17) is 12.2 Å². The smallest absolute Gasteiger partial charge is 0.178 e. The Morgan fingerprint density at radius 3 is 3.00 bits per heavy atom. The molecule has 0 aliphatic heterocycles. The number of hydrogen-bond acceptors (Lipinski definition) is 2. The largest absolute Gasteiger partial charge is 0.328 e. The molecule has 0 bridgehead atoms. The van der Waals surface area contributed by atoms with E-state index >= 15 is 0 Å². The molecule has 1 aromatic carbocycles. The van der Waals surface area contributed by atoms with Gasteiger partial charge in [0.25, 0.3) is 0 Å². The molecule has 0 fully saturated rings. The SMILES string of the molecule is CCSCCC(C)n1c(=S)[nH]c2c(F)cccc21. The van der Waals surface area contributed by atoms with E-state index in [9.17, 15) is 4.39 Å². The molecule has 2 aromatic rings. The first-order valence-electron chi connectivity index (χ1n) is 6.11. The Hall–Kier alpha value is -0.810. The lowest BCUT2D eigenvalue weighted by atomic mass is 10.2. The van der Waals surface area contributed by atoms with Crippen molar-refractivity contribution >= 4 is 35.0 Å². The van der Waals surface area contributed by atoms with Crippen LogP contribution in [-0.2, 0) is 0 Å². The maximum Gasteiger partial charge on any atom is 0.178 e. The van der Waals surface area contributed by atoms with E-state index in [0.29, 0.717) is 10.3 Å². The minimum atomic E-state index is -0.243. The Kier molecular flexibility index (Phi) is 4.45. The van der Waals surface area contributed by atoms with Gasteiger partial charge in [-0.1, -0.05) is 13.0 Å². The van der Waals surface area contributed by atoms with Crippen LogP contribution in [0.25, 0.3) is 11.0 Å². The molecule has 2 nitrogen and oxygen atoms in total. The second kappa shape index (κ2) is 5.89. The van der Waals surface area contributed by atoms with Crippen molar-refractivity contribution in [3.05, 3.63) is 28.8 Å². The van der Waals surface area contributed by atoms with E-state index in [-0.39, 0.29) is 11.9 Å². The van der Waals surface area contributed by atoms with Crippen LogP contribution in [0.3, 0.4) is 0 Å². The van der Waals surface area contributed by atoms with Crippen molar-refractivity contribution < 1.29 is 4.39 Å². The molecular formula is C13H17FN2S2. The minimum Gasteiger partial charge on any atom is -0.328 e. The highest BCUT2D eigenvalue weighted by atomic mass is 32.2. The second-order valence-electron chi connectivity index (χ2n) is 4.27. The molecule has 1 heterocycles. The number of rotatable bonds is 5. The predicted molar refractivity (Wildman–Crippen MR) is 79.4 cm³/mol. The van der Waals surface area contributed by atoms with Gasteiger partial charge in [-0.05, 0) is 49.2 Å². The number of H-pyrrole nitrogens is 1. The fourth-order valence-electron chi connectivity index (χ4n) is 2.08. The van der Waals surface area contributed by atoms with Crippen molar-refractivity contribution in [1.82, 2.24) is 9.55 Å². The van der Waals surface area contributed by atoms with Gasteiger partial charge >= 0.3 is 0 Å². The van der Waals surface area contributed by atoms with E-state index < -0.39 is 0 Å². The third-order valence-electron chi connectivity index (χ3n) is 3.03. The molecule has 1 N–H and O–H groups in total. The van der Waals surface area contributed by atoms with Gasteiger partial charge in [0, 0.05) is 6.04 Å². The molecule has 1 unspecified atom stereocenters. The summed E-state index contributed by atoms with van der Waals surface area (Å²) in [5, 5.41) is 0. The predicted octanol–water partition coefficient (Wildman–Crippen LogP) is 4.54. The van der Waals surface area contributed by atoms with Gasteiger partial charge in [0.2, 0.25) is 0 Å². The summed E-state index contributed by atoms with van der Waals surface area (Å²) in [6, 6.07) is 5.38. The quantitative estimate of drug-likeness (QED) is 0.642. The standard InChI is InChI=1S/C13H17FN2S2/c1-3-18-8-7-9(2)16-11-6-4-5-10(14)12(11)15-13(16)17/h4-6,9H,3,7-8H2,1-2H3,(H,15,17). The van der Waals surface area contributed by atoms with Crippen molar-refractivity contribution in [2.45, 2.75) is 26.3 Å². The molecule has 1 atom stereocenters. The van der Waals surface area contributed by atoms with Gasteiger partial charge in [0.15, 0.2) is 4.77 Å². The zero-order valence-electron chi connectivity index (χ0n) is 10.6. The van der Waals surface area contributed by atoms with Gasteiger partial charge in [-0.2, -0.15) is 11.8 Å². The monoisotopic (exact) mass is 284 g/mol. The Morgan fingerprint density at radius 2 is 2.28 bits per heavy atom. The van der Waals surface area contributed by atoms with Crippen LogP contribution in [0.4, 0.5) is 4.39 Å². The van der Waals surface area contributed by atoms with Gasteiger partial charge in [0.1, 0.15) is 11.3 Å². The molecule has 0 aliphatic carbocycles. The van der Waals surface area contributed by atoms with E-state index in [1.165, 1.54) is 6.07 Å². The average molecular weight is 284 g/mol. The fraction of sp³-hybridized carbons (Fsp3) is 0.462. The lowest BCUT2D eigenvalue weighted by molar-refractivity contribution is 0.543. The normalized spacial score (nSPS) is 13.1. The number of thioether (sulfide) groups is 1. The Labute approximate surface area is 116 Å². The van der Waals surface area contributed by atoms with Crippen LogP contribution >= 0.6 is 24.0 Å². The van der Waals surface area contributed by atoms with Crippen molar-refractivity contribution in [3.8, 4) is 0 Å². The first-order valence-corrected chi connectivity index (χ1v) is 7.68. The lowest BCUT2D eigenvalue weighted by Gasteiger charge is -2.14. The number of fused-ring (bicyclic) bond motifs is 1. The molecule has 18 heavy (non-hydrogen) atoms. The van der Waals surface area contributed by atoms with Crippen LogP contribution < -0.4 is 0 Å². The van der Waals surface area contributed by atoms with Crippen LogP contribution in [0.5, 0.6) is 0 Å². The number of hydrogen-bond donors (Lipinski definition) is 1. The molecule has 98 valence electrons.